The van der Waals surface area contributed by atoms with E-state index in [0.717, 1.165) is 13.0 Å². The number of ether oxygens (including phenoxy) is 1. The van der Waals surface area contributed by atoms with Crippen LogP contribution in [0.25, 0.3) is 0 Å². The summed E-state index contributed by atoms with van der Waals surface area (Å²) >= 11 is 0. The van der Waals surface area contributed by atoms with Crippen LogP contribution in [0.3, 0.4) is 0 Å². The zero-order chi connectivity index (χ0) is 15.8. The summed E-state index contributed by atoms with van der Waals surface area (Å²) in [7, 11) is 0. The Hall–Kier alpha value is -0.0800. The molecule has 0 aromatic carbocycles. The minimum absolute atomic E-state index is 0.184. The van der Waals surface area contributed by atoms with Gasteiger partial charge in [-0.1, -0.05) is 48.5 Å². The van der Waals surface area contributed by atoms with Crippen molar-refractivity contribution in [3.8, 4) is 0 Å². The summed E-state index contributed by atoms with van der Waals surface area (Å²) in [6.07, 6.45) is 2.74. The first kappa shape index (κ1) is 18.0. The molecule has 0 aliphatic heterocycles. The summed E-state index contributed by atoms with van der Waals surface area (Å²) in [4.78, 5) is 0. The quantitative estimate of drug-likeness (QED) is 0.767. The molecule has 2 atom stereocenters. The summed E-state index contributed by atoms with van der Waals surface area (Å²) in [5, 5.41) is 3.88. The molecule has 2 heteroatoms. The smallest absolute Gasteiger partial charge is 0.0656 e. The van der Waals surface area contributed by atoms with Crippen LogP contribution in [0.4, 0.5) is 0 Å². The number of nitrogens with one attached hydrogen (secondary N) is 1. The lowest BCUT2D eigenvalue weighted by Crippen LogP contribution is -2.65. The van der Waals surface area contributed by atoms with Gasteiger partial charge in [-0.25, -0.2) is 0 Å². The van der Waals surface area contributed by atoms with Gasteiger partial charge in [0, 0.05) is 23.6 Å². The molecule has 0 saturated heterocycles. The monoisotopic (exact) mass is 283 g/mol. The highest BCUT2D eigenvalue weighted by atomic mass is 16.5. The van der Waals surface area contributed by atoms with Crippen molar-refractivity contribution >= 4 is 0 Å². The first-order valence-electron chi connectivity index (χ1n) is 8.23. The van der Waals surface area contributed by atoms with Gasteiger partial charge >= 0.3 is 0 Å². The number of rotatable bonds is 6. The first-order valence-corrected chi connectivity index (χ1v) is 8.23. The van der Waals surface area contributed by atoms with E-state index in [9.17, 15) is 0 Å². The summed E-state index contributed by atoms with van der Waals surface area (Å²) in [5.41, 5.74) is 0.783. The Labute approximate surface area is 127 Å². The maximum absolute atomic E-state index is 6.06. The molecule has 0 aromatic heterocycles. The van der Waals surface area contributed by atoms with Crippen LogP contribution in [-0.2, 0) is 4.74 Å². The van der Waals surface area contributed by atoms with Crippen molar-refractivity contribution in [2.45, 2.75) is 92.8 Å². The number of hydrogen-bond acceptors (Lipinski definition) is 2. The zero-order valence-electron chi connectivity index (χ0n) is 15.3. The van der Waals surface area contributed by atoms with Crippen LogP contribution in [0.5, 0.6) is 0 Å². The lowest BCUT2D eigenvalue weighted by Gasteiger charge is -2.55. The molecule has 1 aliphatic carbocycles. The van der Waals surface area contributed by atoms with E-state index in [1.165, 1.54) is 6.42 Å². The normalized spacial score (nSPS) is 26.7. The second-order valence-electron chi connectivity index (χ2n) is 9.59. The third-order valence-electron chi connectivity index (χ3n) is 4.35. The Bertz CT molecular complexity index is 312. The van der Waals surface area contributed by atoms with E-state index in [0.29, 0.717) is 23.5 Å². The fraction of sp³-hybridized carbons (Fsp3) is 1.00. The van der Waals surface area contributed by atoms with Crippen LogP contribution in [0, 0.1) is 16.7 Å². The molecule has 0 amide bonds. The van der Waals surface area contributed by atoms with Gasteiger partial charge in [0.2, 0.25) is 0 Å². The highest BCUT2D eigenvalue weighted by molar-refractivity contribution is 5.05. The molecule has 0 radical (unpaired) electrons. The van der Waals surface area contributed by atoms with E-state index in [4.69, 9.17) is 4.74 Å². The maximum atomic E-state index is 6.06. The molecule has 0 aromatic rings. The van der Waals surface area contributed by atoms with Crippen LogP contribution >= 0.6 is 0 Å². The molecular weight excluding hydrogens is 246 g/mol. The van der Waals surface area contributed by atoms with E-state index in [2.05, 4.69) is 67.6 Å². The Morgan fingerprint density at radius 2 is 1.70 bits per heavy atom. The van der Waals surface area contributed by atoms with Gasteiger partial charge in [-0.05, 0) is 38.0 Å². The van der Waals surface area contributed by atoms with E-state index >= 15 is 0 Å². The third kappa shape index (κ3) is 5.04. The summed E-state index contributed by atoms with van der Waals surface area (Å²) in [5.74, 6) is 0.621. The topological polar surface area (TPSA) is 21.3 Å². The molecule has 1 fully saturated rings. The molecule has 120 valence electrons. The molecular formula is C18H37NO. The fourth-order valence-corrected chi connectivity index (χ4v) is 3.57. The summed E-state index contributed by atoms with van der Waals surface area (Å²) < 4.78 is 6.06. The predicted molar refractivity (Wildman–Crippen MR) is 88.1 cm³/mol. The Morgan fingerprint density at radius 3 is 2.10 bits per heavy atom. The van der Waals surface area contributed by atoms with Crippen molar-refractivity contribution in [2.24, 2.45) is 16.7 Å². The molecule has 20 heavy (non-hydrogen) atoms. The lowest BCUT2D eigenvalue weighted by atomic mass is 9.63. The van der Waals surface area contributed by atoms with Crippen LogP contribution < -0.4 is 5.32 Å². The zero-order valence-corrected chi connectivity index (χ0v) is 15.3. The van der Waals surface area contributed by atoms with E-state index in [-0.39, 0.29) is 11.0 Å². The van der Waals surface area contributed by atoms with E-state index < -0.39 is 0 Å². The van der Waals surface area contributed by atoms with Crippen molar-refractivity contribution in [3.05, 3.63) is 0 Å². The van der Waals surface area contributed by atoms with Crippen LogP contribution in [0.15, 0.2) is 0 Å². The average Bonchev–Trinajstić information content (AvgIpc) is 2.18. The Balaban J connectivity index is 2.51. The van der Waals surface area contributed by atoms with E-state index in [1.54, 1.807) is 0 Å². The first-order chi connectivity index (χ1) is 8.83. The van der Waals surface area contributed by atoms with Gasteiger partial charge in [0.25, 0.3) is 0 Å². The van der Waals surface area contributed by atoms with Gasteiger partial charge in [0.1, 0.15) is 0 Å². The van der Waals surface area contributed by atoms with Crippen molar-refractivity contribution in [2.75, 3.05) is 6.61 Å². The average molecular weight is 284 g/mol. The summed E-state index contributed by atoms with van der Waals surface area (Å²) in [6, 6.07) is 0.567. The minimum Gasteiger partial charge on any atom is -0.377 e. The molecule has 2 nitrogen and oxygen atoms in total. The van der Waals surface area contributed by atoms with Gasteiger partial charge in [0.05, 0.1) is 6.10 Å². The number of hydrogen-bond donors (Lipinski definition) is 1. The highest BCUT2D eigenvalue weighted by Gasteiger charge is 2.50. The Morgan fingerprint density at radius 1 is 1.15 bits per heavy atom. The van der Waals surface area contributed by atoms with E-state index in [1.807, 2.05) is 0 Å². The van der Waals surface area contributed by atoms with Crippen LogP contribution in [-0.4, -0.2) is 24.3 Å². The van der Waals surface area contributed by atoms with Gasteiger partial charge in [-0.2, -0.15) is 0 Å². The van der Waals surface area contributed by atoms with Gasteiger partial charge < -0.3 is 10.1 Å². The van der Waals surface area contributed by atoms with Crippen molar-refractivity contribution < 1.29 is 4.74 Å². The van der Waals surface area contributed by atoms with Gasteiger partial charge in [-0.15, -0.1) is 0 Å². The standard InChI is InChI=1S/C18H37NO/c1-13(2)11-20-15-10-14(18(15,8)9)19-17(6,7)12-16(3,4)5/h13-15,19H,10-12H2,1-9H3. The van der Waals surface area contributed by atoms with Crippen LogP contribution in [0.2, 0.25) is 0 Å². The largest absolute Gasteiger partial charge is 0.377 e. The molecule has 1 N–H and O–H groups in total. The Kier molecular flexibility index (Phi) is 5.36. The van der Waals surface area contributed by atoms with Crippen molar-refractivity contribution in [1.82, 2.24) is 5.32 Å². The SMILES string of the molecule is CC(C)COC1CC(NC(C)(C)CC(C)(C)C)C1(C)C. The molecule has 1 saturated carbocycles. The van der Waals surface area contributed by atoms with Crippen molar-refractivity contribution in [1.29, 1.82) is 0 Å². The third-order valence-corrected chi connectivity index (χ3v) is 4.35. The second kappa shape index (κ2) is 5.96. The molecule has 0 bridgehead atoms. The molecule has 0 heterocycles. The molecule has 1 aliphatic rings. The summed E-state index contributed by atoms with van der Waals surface area (Å²) in [6.45, 7) is 21.6. The predicted octanol–water partition coefficient (Wildman–Crippen LogP) is 4.63. The van der Waals surface area contributed by atoms with Crippen molar-refractivity contribution in [3.63, 3.8) is 0 Å². The molecule has 1 rings (SSSR count). The second-order valence-corrected chi connectivity index (χ2v) is 9.59. The molecule has 2 unspecified atom stereocenters. The highest BCUT2D eigenvalue weighted by Crippen LogP contribution is 2.44. The lowest BCUT2D eigenvalue weighted by molar-refractivity contribution is -0.129. The van der Waals surface area contributed by atoms with Gasteiger partial charge in [0.15, 0.2) is 0 Å². The minimum atomic E-state index is 0.184. The molecule has 0 spiro atoms. The van der Waals surface area contributed by atoms with Gasteiger partial charge in [-0.3, -0.25) is 0 Å². The fourth-order valence-electron chi connectivity index (χ4n) is 3.57. The van der Waals surface area contributed by atoms with Crippen LogP contribution in [0.1, 0.15) is 75.2 Å². The maximum Gasteiger partial charge on any atom is 0.0656 e.